The lowest BCUT2D eigenvalue weighted by Gasteiger charge is -2.07. The Morgan fingerprint density at radius 2 is 1.92 bits per heavy atom. The van der Waals surface area contributed by atoms with Crippen molar-refractivity contribution in [2.75, 3.05) is 0 Å². The van der Waals surface area contributed by atoms with Crippen molar-refractivity contribution in [2.45, 2.75) is 26.7 Å². The lowest BCUT2D eigenvalue weighted by atomic mass is 10.0. The molecule has 0 bridgehead atoms. The van der Waals surface area contributed by atoms with E-state index in [4.69, 9.17) is 0 Å². The third-order valence-corrected chi connectivity index (χ3v) is 4.16. The standard InChI is InChI=1S/C19H19N5/c1-12(2)19-23-22-16-8-7-15(10-24(16)19)18-17(20-11-21-18)14-6-4-5-13(3)9-14/h4-12H,1-3H3,(H,20,21). The van der Waals surface area contributed by atoms with Crippen molar-refractivity contribution < 1.29 is 0 Å². The Kier molecular flexibility index (Phi) is 3.41. The number of rotatable bonds is 3. The monoisotopic (exact) mass is 317 g/mol. The maximum absolute atomic E-state index is 4.55. The summed E-state index contributed by atoms with van der Waals surface area (Å²) >= 11 is 0. The molecule has 3 aromatic heterocycles. The van der Waals surface area contributed by atoms with Gasteiger partial charge in [0.05, 0.1) is 17.7 Å². The summed E-state index contributed by atoms with van der Waals surface area (Å²) in [5.74, 6) is 1.27. The predicted octanol–water partition coefficient (Wildman–Crippen LogP) is 4.22. The summed E-state index contributed by atoms with van der Waals surface area (Å²) in [6.45, 7) is 6.34. The summed E-state index contributed by atoms with van der Waals surface area (Å²) in [7, 11) is 0. The fourth-order valence-corrected chi connectivity index (χ4v) is 2.98. The number of nitrogens with zero attached hydrogens (tertiary/aromatic N) is 4. The molecule has 0 aliphatic heterocycles. The molecule has 24 heavy (non-hydrogen) atoms. The first kappa shape index (κ1) is 14.6. The molecule has 4 aromatic rings. The lowest BCUT2D eigenvalue weighted by Crippen LogP contribution is -1.97. The van der Waals surface area contributed by atoms with E-state index in [1.807, 2.05) is 12.1 Å². The van der Waals surface area contributed by atoms with E-state index in [1.54, 1.807) is 6.33 Å². The zero-order valence-corrected chi connectivity index (χ0v) is 14.0. The highest BCUT2D eigenvalue weighted by atomic mass is 15.2. The minimum Gasteiger partial charge on any atom is -0.344 e. The molecule has 0 atom stereocenters. The molecule has 5 nitrogen and oxygen atoms in total. The highest BCUT2D eigenvalue weighted by molar-refractivity contribution is 5.78. The van der Waals surface area contributed by atoms with Crippen LogP contribution in [0.2, 0.25) is 0 Å². The summed E-state index contributed by atoms with van der Waals surface area (Å²) in [6, 6.07) is 12.5. The van der Waals surface area contributed by atoms with Crippen molar-refractivity contribution >= 4 is 5.65 Å². The molecule has 0 amide bonds. The Morgan fingerprint density at radius 1 is 1.04 bits per heavy atom. The largest absolute Gasteiger partial charge is 0.344 e. The Morgan fingerprint density at radius 3 is 2.71 bits per heavy atom. The second-order valence-corrected chi connectivity index (χ2v) is 6.35. The number of aromatic amines is 1. The molecule has 1 N–H and O–H groups in total. The Bertz CT molecular complexity index is 1010. The highest BCUT2D eigenvalue weighted by Gasteiger charge is 2.14. The van der Waals surface area contributed by atoms with Gasteiger partial charge in [0, 0.05) is 23.2 Å². The van der Waals surface area contributed by atoms with Gasteiger partial charge in [-0.15, -0.1) is 10.2 Å². The second-order valence-electron chi connectivity index (χ2n) is 6.35. The van der Waals surface area contributed by atoms with Crippen molar-refractivity contribution in [1.29, 1.82) is 0 Å². The molecule has 5 heteroatoms. The average molecular weight is 317 g/mol. The molecule has 0 unspecified atom stereocenters. The number of nitrogens with one attached hydrogen (secondary N) is 1. The van der Waals surface area contributed by atoms with Crippen LogP contribution in [0.1, 0.15) is 31.2 Å². The van der Waals surface area contributed by atoms with Gasteiger partial charge in [0.1, 0.15) is 5.82 Å². The van der Waals surface area contributed by atoms with Crippen LogP contribution in [-0.2, 0) is 0 Å². The number of hydrogen-bond acceptors (Lipinski definition) is 3. The molecule has 0 saturated heterocycles. The van der Waals surface area contributed by atoms with Crippen LogP contribution in [0.4, 0.5) is 0 Å². The fraction of sp³-hybridized carbons (Fsp3) is 0.211. The first-order valence-electron chi connectivity index (χ1n) is 8.09. The zero-order valence-electron chi connectivity index (χ0n) is 14.0. The van der Waals surface area contributed by atoms with Gasteiger partial charge in [0.15, 0.2) is 5.65 Å². The van der Waals surface area contributed by atoms with Gasteiger partial charge in [-0.05, 0) is 25.1 Å². The van der Waals surface area contributed by atoms with Gasteiger partial charge in [0.25, 0.3) is 0 Å². The number of aryl methyl sites for hydroxylation is 1. The summed E-state index contributed by atoms with van der Waals surface area (Å²) < 4.78 is 2.05. The second kappa shape index (κ2) is 5.60. The maximum Gasteiger partial charge on any atom is 0.160 e. The molecular formula is C19H19N5. The smallest absolute Gasteiger partial charge is 0.160 e. The van der Waals surface area contributed by atoms with Gasteiger partial charge in [-0.25, -0.2) is 4.98 Å². The fourth-order valence-electron chi connectivity index (χ4n) is 2.98. The minimum absolute atomic E-state index is 0.311. The van der Waals surface area contributed by atoms with E-state index < -0.39 is 0 Å². The van der Waals surface area contributed by atoms with Gasteiger partial charge >= 0.3 is 0 Å². The molecule has 0 aliphatic rings. The van der Waals surface area contributed by atoms with Crippen LogP contribution in [-0.4, -0.2) is 24.6 Å². The SMILES string of the molecule is Cc1cccc(-c2[nH]cnc2-c2ccc3nnc(C(C)C)n3c2)c1. The van der Waals surface area contributed by atoms with Crippen LogP contribution in [0.5, 0.6) is 0 Å². The Labute approximate surface area is 140 Å². The van der Waals surface area contributed by atoms with E-state index in [0.29, 0.717) is 5.92 Å². The van der Waals surface area contributed by atoms with Gasteiger partial charge in [-0.3, -0.25) is 4.40 Å². The first-order chi connectivity index (χ1) is 11.6. The summed E-state index contributed by atoms with van der Waals surface area (Å²) in [5.41, 5.74) is 6.22. The molecule has 0 fully saturated rings. The van der Waals surface area contributed by atoms with E-state index in [2.05, 4.69) is 75.8 Å². The average Bonchev–Trinajstić information content (AvgIpc) is 3.21. The maximum atomic E-state index is 4.55. The van der Waals surface area contributed by atoms with E-state index in [9.17, 15) is 0 Å². The van der Waals surface area contributed by atoms with E-state index in [-0.39, 0.29) is 0 Å². The number of H-pyrrole nitrogens is 1. The Hall–Kier alpha value is -2.95. The molecule has 1 aromatic carbocycles. The molecule has 3 heterocycles. The van der Waals surface area contributed by atoms with Crippen LogP contribution in [0.3, 0.4) is 0 Å². The minimum atomic E-state index is 0.311. The van der Waals surface area contributed by atoms with Crippen molar-refractivity contribution in [3.63, 3.8) is 0 Å². The predicted molar refractivity (Wildman–Crippen MR) is 94.8 cm³/mol. The summed E-state index contributed by atoms with van der Waals surface area (Å²) in [6.07, 6.45) is 3.81. The van der Waals surface area contributed by atoms with Crippen LogP contribution in [0.25, 0.3) is 28.2 Å². The van der Waals surface area contributed by atoms with E-state index in [0.717, 1.165) is 34.0 Å². The molecule has 120 valence electrons. The number of hydrogen-bond donors (Lipinski definition) is 1. The number of aromatic nitrogens is 5. The van der Waals surface area contributed by atoms with Crippen molar-refractivity contribution in [3.05, 3.63) is 60.3 Å². The third-order valence-electron chi connectivity index (χ3n) is 4.16. The molecule has 0 aliphatic carbocycles. The van der Waals surface area contributed by atoms with E-state index >= 15 is 0 Å². The number of benzene rings is 1. The van der Waals surface area contributed by atoms with Crippen LogP contribution >= 0.6 is 0 Å². The molecule has 4 rings (SSSR count). The lowest BCUT2D eigenvalue weighted by molar-refractivity contribution is 0.759. The van der Waals surface area contributed by atoms with Gasteiger partial charge < -0.3 is 4.98 Å². The van der Waals surface area contributed by atoms with Crippen molar-refractivity contribution in [2.24, 2.45) is 0 Å². The van der Waals surface area contributed by atoms with Gasteiger partial charge in [0.2, 0.25) is 0 Å². The first-order valence-corrected chi connectivity index (χ1v) is 8.09. The quantitative estimate of drug-likeness (QED) is 0.615. The summed E-state index contributed by atoms with van der Waals surface area (Å²) in [5, 5.41) is 8.53. The highest BCUT2D eigenvalue weighted by Crippen LogP contribution is 2.30. The van der Waals surface area contributed by atoms with E-state index in [1.165, 1.54) is 5.56 Å². The van der Waals surface area contributed by atoms with Crippen molar-refractivity contribution in [1.82, 2.24) is 24.6 Å². The Balaban J connectivity index is 1.87. The third kappa shape index (κ3) is 2.38. The number of pyridine rings is 1. The number of imidazole rings is 1. The molecule has 0 radical (unpaired) electrons. The molecule has 0 spiro atoms. The van der Waals surface area contributed by atoms with Gasteiger partial charge in [-0.2, -0.15) is 0 Å². The zero-order chi connectivity index (χ0) is 16.7. The summed E-state index contributed by atoms with van der Waals surface area (Å²) in [4.78, 5) is 7.82. The van der Waals surface area contributed by atoms with Crippen LogP contribution < -0.4 is 0 Å². The number of fused-ring (bicyclic) bond motifs is 1. The van der Waals surface area contributed by atoms with Crippen molar-refractivity contribution in [3.8, 4) is 22.5 Å². The topological polar surface area (TPSA) is 58.9 Å². The van der Waals surface area contributed by atoms with Gasteiger partial charge in [-0.1, -0.05) is 37.6 Å². The molecule has 0 saturated carbocycles. The molecular weight excluding hydrogens is 298 g/mol. The normalized spacial score (nSPS) is 11.5. The van der Waals surface area contributed by atoms with Crippen LogP contribution in [0.15, 0.2) is 48.9 Å². The van der Waals surface area contributed by atoms with Crippen LogP contribution in [0, 0.1) is 6.92 Å².